The summed E-state index contributed by atoms with van der Waals surface area (Å²) in [6, 6.07) is 19.1. The van der Waals surface area contributed by atoms with E-state index in [2.05, 4.69) is 26.2 Å². The lowest BCUT2D eigenvalue weighted by atomic mass is 9.94. The van der Waals surface area contributed by atoms with Crippen molar-refractivity contribution in [3.05, 3.63) is 105 Å². The molecule has 2 heterocycles. The molecular formula is C31H32ClN5O4. The van der Waals surface area contributed by atoms with E-state index in [4.69, 9.17) is 16.3 Å². The Kier molecular flexibility index (Phi) is 8.56. The maximum Gasteiger partial charge on any atom is 0.338 e. The van der Waals surface area contributed by atoms with Crippen LogP contribution >= 0.6 is 11.6 Å². The molecule has 2 aliphatic rings. The van der Waals surface area contributed by atoms with Crippen molar-refractivity contribution < 1.29 is 19.1 Å². The first-order valence-electron chi connectivity index (χ1n) is 13.5. The van der Waals surface area contributed by atoms with Crippen LogP contribution in [0.15, 0.2) is 78.0 Å². The number of nitrogens with zero attached hydrogens (tertiary/aromatic N) is 1. The van der Waals surface area contributed by atoms with Gasteiger partial charge in [0.05, 0.1) is 18.2 Å². The molecule has 0 fully saturated rings. The highest BCUT2D eigenvalue weighted by atomic mass is 35.5. The Morgan fingerprint density at radius 3 is 2.61 bits per heavy atom. The molecule has 1 atom stereocenters. The molecule has 4 amide bonds. The average molecular weight is 574 g/mol. The quantitative estimate of drug-likeness (QED) is 0.278. The fourth-order valence-corrected chi connectivity index (χ4v) is 5.37. The molecule has 10 heteroatoms. The molecule has 0 aliphatic carbocycles. The Morgan fingerprint density at radius 2 is 1.85 bits per heavy atom. The molecule has 1 unspecified atom stereocenters. The Morgan fingerprint density at radius 1 is 1.07 bits per heavy atom. The number of carbonyl (C=O) groups is 3. The number of esters is 1. The van der Waals surface area contributed by atoms with Crippen LogP contribution in [0.1, 0.15) is 35.2 Å². The zero-order chi connectivity index (χ0) is 28.9. The predicted octanol–water partition coefficient (Wildman–Crippen LogP) is 5.52. The number of rotatable bonds is 7. The fourth-order valence-electron chi connectivity index (χ4n) is 5.25. The van der Waals surface area contributed by atoms with Crippen molar-refractivity contribution in [3.8, 4) is 0 Å². The second kappa shape index (κ2) is 12.4. The molecular weight excluding hydrogens is 542 g/mol. The maximum absolute atomic E-state index is 13.1. The van der Waals surface area contributed by atoms with E-state index in [0.29, 0.717) is 42.3 Å². The van der Waals surface area contributed by atoms with Crippen molar-refractivity contribution in [1.82, 2.24) is 15.5 Å². The van der Waals surface area contributed by atoms with Crippen LogP contribution < -0.4 is 21.3 Å². The number of anilines is 2. The van der Waals surface area contributed by atoms with Gasteiger partial charge in [-0.05, 0) is 72.9 Å². The number of benzene rings is 3. The van der Waals surface area contributed by atoms with Gasteiger partial charge in [-0.25, -0.2) is 14.4 Å². The predicted molar refractivity (Wildman–Crippen MR) is 159 cm³/mol. The number of nitrogens with one attached hydrogen (secondary N) is 4. The number of halogens is 1. The molecule has 0 saturated carbocycles. The van der Waals surface area contributed by atoms with Gasteiger partial charge in [-0.3, -0.25) is 4.90 Å². The number of aryl methyl sites for hydroxylation is 1. The Bertz CT molecular complexity index is 1500. The third kappa shape index (κ3) is 6.70. The number of hydrogen-bond donors (Lipinski definition) is 4. The monoisotopic (exact) mass is 573 g/mol. The summed E-state index contributed by atoms with van der Waals surface area (Å²) in [5.41, 5.74) is 6.28. The van der Waals surface area contributed by atoms with Gasteiger partial charge in [0.25, 0.3) is 0 Å². The Labute approximate surface area is 243 Å². The molecule has 4 N–H and O–H groups in total. The highest BCUT2D eigenvalue weighted by Crippen LogP contribution is 2.31. The standard InChI is InChI=1S/C31H32ClN5O4/c1-3-41-29(38)27-26(35-31(40)36-28(27)20-10-12-22(32)13-11-20)18-37-15-14-24-21(17-37)7-5-9-25(24)34-30(39)33-23-8-4-6-19(2)16-23/h4-13,16,28H,3,14-15,17-18H2,1-2H3,(H2,33,34,39)(H2,35,36,40). The summed E-state index contributed by atoms with van der Waals surface area (Å²) in [5.74, 6) is -0.488. The molecule has 0 radical (unpaired) electrons. The first-order valence-corrected chi connectivity index (χ1v) is 13.9. The second-order valence-electron chi connectivity index (χ2n) is 10.0. The van der Waals surface area contributed by atoms with Gasteiger partial charge in [-0.1, -0.05) is 48.0 Å². The van der Waals surface area contributed by atoms with Gasteiger partial charge in [-0.2, -0.15) is 0 Å². The molecule has 41 heavy (non-hydrogen) atoms. The van der Waals surface area contributed by atoms with E-state index >= 15 is 0 Å². The lowest BCUT2D eigenvalue weighted by Crippen LogP contribution is -2.49. The zero-order valence-electron chi connectivity index (χ0n) is 22.9. The molecule has 0 aromatic heterocycles. The van der Waals surface area contributed by atoms with Gasteiger partial charge in [-0.15, -0.1) is 0 Å². The van der Waals surface area contributed by atoms with E-state index in [-0.39, 0.29) is 12.6 Å². The largest absolute Gasteiger partial charge is 0.463 e. The van der Waals surface area contributed by atoms with E-state index in [1.54, 1.807) is 31.2 Å². The highest BCUT2D eigenvalue weighted by Gasteiger charge is 2.35. The summed E-state index contributed by atoms with van der Waals surface area (Å²) in [6.07, 6.45) is 0.686. The topological polar surface area (TPSA) is 112 Å². The summed E-state index contributed by atoms with van der Waals surface area (Å²) >= 11 is 6.07. The van der Waals surface area contributed by atoms with E-state index in [1.165, 1.54) is 0 Å². The number of hydrogen-bond acceptors (Lipinski definition) is 5. The van der Waals surface area contributed by atoms with Gasteiger partial charge in [0.2, 0.25) is 0 Å². The number of carbonyl (C=O) groups excluding carboxylic acids is 3. The SMILES string of the molecule is CCOC(=O)C1=C(CN2CCc3c(cccc3NC(=O)Nc3cccc(C)c3)C2)NC(=O)NC1c1ccc(Cl)cc1. The van der Waals surface area contributed by atoms with Crippen molar-refractivity contribution in [2.75, 3.05) is 30.3 Å². The first kappa shape index (κ1) is 28.2. The number of urea groups is 2. The number of amides is 4. The van der Waals surface area contributed by atoms with E-state index in [9.17, 15) is 14.4 Å². The molecule has 2 aliphatic heterocycles. The van der Waals surface area contributed by atoms with Crippen LogP contribution in [-0.2, 0) is 22.5 Å². The summed E-state index contributed by atoms with van der Waals surface area (Å²) < 4.78 is 5.39. The van der Waals surface area contributed by atoms with Crippen LogP contribution in [-0.4, -0.2) is 42.6 Å². The molecule has 0 bridgehead atoms. The third-order valence-corrected chi connectivity index (χ3v) is 7.36. The molecule has 212 valence electrons. The molecule has 9 nitrogen and oxygen atoms in total. The first-order chi connectivity index (χ1) is 19.8. The molecule has 0 spiro atoms. The molecule has 0 saturated heterocycles. The van der Waals surface area contributed by atoms with E-state index in [0.717, 1.165) is 33.6 Å². The second-order valence-corrected chi connectivity index (χ2v) is 10.5. The van der Waals surface area contributed by atoms with Crippen LogP contribution in [0.4, 0.5) is 21.0 Å². The van der Waals surface area contributed by atoms with Gasteiger partial charge >= 0.3 is 18.0 Å². The zero-order valence-corrected chi connectivity index (χ0v) is 23.7. The fraction of sp³-hybridized carbons (Fsp3) is 0.258. The van der Waals surface area contributed by atoms with Crippen LogP contribution in [0.5, 0.6) is 0 Å². The summed E-state index contributed by atoms with van der Waals surface area (Å²) in [4.78, 5) is 40.7. The highest BCUT2D eigenvalue weighted by molar-refractivity contribution is 6.30. The van der Waals surface area contributed by atoms with Gasteiger partial charge in [0.1, 0.15) is 0 Å². The minimum absolute atomic E-state index is 0.210. The average Bonchev–Trinajstić information content (AvgIpc) is 2.93. The van der Waals surface area contributed by atoms with Crippen molar-refractivity contribution in [2.45, 2.75) is 32.9 Å². The summed E-state index contributed by atoms with van der Waals surface area (Å²) in [5, 5.41) is 12.1. The van der Waals surface area contributed by atoms with Crippen LogP contribution in [0.25, 0.3) is 0 Å². The summed E-state index contributed by atoms with van der Waals surface area (Å²) in [6.45, 7) is 5.52. The van der Waals surface area contributed by atoms with E-state index < -0.39 is 18.0 Å². The van der Waals surface area contributed by atoms with Crippen molar-refractivity contribution in [1.29, 1.82) is 0 Å². The normalized spacial score (nSPS) is 16.8. The van der Waals surface area contributed by atoms with Crippen molar-refractivity contribution in [3.63, 3.8) is 0 Å². The number of fused-ring (bicyclic) bond motifs is 1. The van der Waals surface area contributed by atoms with Crippen LogP contribution in [0.2, 0.25) is 5.02 Å². The Hall–Kier alpha value is -4.34. The van der Waals surface area contributed by atoms with Crippen LogP contribution in [0, 0.1) is 6.92 Å². The molecule has 3 aromatic carbocycles. The lowest BCUT2D eigenvalue weighted by molar-refractivity contribution is -0.139. The maximum atomic E-state index is 13.1. The van der Waals surface area contributed by atoms with E-state index in [1.807, 2.05) is 49.4 Å². The molecule has 3 aromatic rings. The van der Waals surface area contributed by atoms with Crippen molar-refractivity contribution in [2.24, 2.45) is 0 Å². The smallest absolute Gasteiger partial charge is 0.338 e. The number of ether oxygens (including phenoxy) is 1. The van der Waals surface area contributed by atoms with Crippen molar-refractivity contribution >= 4 is 41.0 Å². The van der Waals surface area contributed by atoms with Gasteiger partial charge in [0, 0.05) is 41.7 Å². The lowest BCUT2D eigenvalue weighted by Gasteiger charge is -2.34. The minimum atomic E-state index is -0.671. The van der Waals surface area contributed by atoms with Crippen LogP contribution in [0.3, 0.4) is 0 Å². The Balaban J connectivity index is 1.35. The summed E-state index contributed by atoms with van der Waals surface area (Å²) in [7, 11) is 0. The minimum Gasteiger partial charge on any atom is -0.463 e. The third-order valence-electron chi connectivity index (χ3n) is 7.10. The van der Waals surface area contributed by atoms with Gasteiger partial charge in [0.15, 0.2) is 0 Å². The molecule has 5 rings (SSSR count). The van der Waals surface area contributed by atoms with Gasteiger partial charge < -0.3 is 26.0 Å².